The molecule has 0 aliphatic carbocycles. The zero-order chi connectivity index (χ0) is 19.3. The SMILES string of the molecule is CCOc1ccc(N2C(=O)NC(O)(C(F)(F)F)C2(O)C(F)(F)F)cc1. The first-order valence-electron chi connectivity index (χ1n) is 6.73. The number of benzene rings is 1. The average molecular weight is 374 g/mol. The molecule has 140 valence electrons. The van der Waals surface area contributed by atoms with E-state index in [4.69, 9.17) is 4.74 Å². The van der Waals surface area contributed by atoms with Crippen LogP contribution >= 0.6 is 0 Å². The van der Waals surface area contributed by atoms with Gasteiger partial charge in [0.15, 0.2) is 0 Å². The number of nitrogens with one attached hydrogen (secondary N) is 1. The van der Waals surface area contributed by atoms with Crippen LogP contribution in [0.3, 0.4) is 0 Å². The van der Waals surface area contributed by atoms with Gasteiger partial charge < -0.3 is 14.9 Å². The third-order valence-electron chi connectivity index (χ3n) is 3.53. The molecule has 0 aromatic heterocycles. The van der Waals surface area contributed by atoms with E-state index in [2.05, 4.69) is 0 Å². The molecule has 0 radical (unpaired) electrons. The number of anilines is 1. The molecule has 1 heterocycles. The van der Waals surface area contributed by atoms with Crippen LogP contribution in [0, 0.1) is 0 Å². The molecule has 1 aliphatic rings. The molecule has 1 aromatic rings. The highest BCUT2D eigenvalue weighted by Crippen LogP contribution is 2.51. The van der Waals surface area contributed by atoms with Crippen LogP contribution in [-0.4, -0.2) is 46.7 Å². The number of nitrogens with zero attached hydrogens (tertiary/aromatic N) is 1. The molecule has 2 amide bonds. The van der Waals surface area contributed by atoms with Crippen molar-refractivity contribution < 1.29 is 46.1 Å². The van der Waals surface area contributed by atoms with Crippen LogP contribution in [0.4, 0.5) is 36.8 Å². The Kier molecular flexibility index (Phi) is 4.33. The van der Waals surface area contributed by atoms with Crippen molar-refractivity contribution in [3.8, 4) is 5.75 Å². The molecule has 0 saturated carbocycles. The van der Waals surface area contributed by atoms with E-state index in [-0.39, 0.29) is 12.4 Å². The van der Waals surface area contributed by atoms with E-state index in [9.17, 15) is 41.4 Å². The van der Waals surface area contributed by atoms with E-state index >= 15 is 0 Å². The summed E-state index contributed by atoms with van der Waals surface area (Å²) in [5.74, 6) is 0.174. The Labute approximate surface area is 136 Å². The Morgan fingerprint density at radius 1 is 1.08 bits per heavy atom. The number of carbonyl (C=O) groups excluding carboxylic acids is 1. The van der Waals surface area contributed by atoms with Gasteiger partial charge in [-0.25, -0.2) is 4.79 Å². The summed E-state index contributed by atoms with van der Waals surface area (Å²) in [4.78, 5) is 11.2. The van der Waals surface area contributed by atoms with Crippen molar-refractivity contribution in [2.24, 2.45) is 0 Å². The second-order valence-electron chi connectivity index (χ2n) is 5.07. The van der Waals surface area contributed by atoms with Crippen LogP contribution in [-0.2, 0) is 0 Å². The van der Waals surface area contributed by atoms with E-state index < -0.39 is 40.4 Å². The van der Waals surface area contributed by atoms with Gasteiger partial charge in [0.2, 0.25) is 0 Å². The van der Waals surface area contributed by atoms with Crippen LogP contribution < -0.4 is 15.0 Å². The first-order chi connectivity index (χ1) is 11.3. The first-order valence-corrected chi connectivity index (χ1v) is 6.73. The minimum Gasteiger partial charge on any atom is -0.494 e. The minimum absolute atomic E-state index is 0.174. The molecule has 12 heteroatoms. The number of ether oxygens (including phenoxy) is 1. The number of rotatable bonds is 3. The zero-order valence-corrected chi connectivity index (χ0v) is 12.4. The molecule has 0 spiro atoms. The molecule has 6 nitrogen and oxygen atoms in total. The number of carbonyl (C=O) groups is 1. The summed E-state index contributed by atoms with van der Waals surface area (Å²) in [6.45, 7) is 1.83. The highest BCUT2D eigenvalue weighted by molar-refractivity contribution is 5.97. The van der Waals surface area contributed by atoms with Gasteiger partial charge in [-0.3, -0.25) is 10.2 Å². The summed E-state index contributed by atoms with van der Waals surface area (Å²) >= 11 is 0. The van der Waals surface area contributed by atoms with Gasteiger partial charge >= 0.3 is 24.1 Å². The topological polar surface area (TPSA) is 82.0 Å². The number of alkyl halides is 6. The van der Waals surface area contributed by atoms with Crippen molar-refractivity contribution in [3.63, 3.8) is 0 Å². The monoisotopic (exact) mass is 374 g/mol. The molecule has 1 saturated heterocycles. The lowest BCUT2D eigenvalue weighted by molar-refractivity contribution is -0.378. The molecule has 1 aliphatic heterocycles. The highest BCUT2D eigenvalue weighted by atomic mass is 19.4. The lowest BCUT2D eigenvalue weighted by Crippen LogP contribution is -2.74. The smallest absolute Gasteiger partial charge is 0.442 e. The van der Waals surface area contributed by atoms with E-state index in [1.54, 1.807) is 6.92 Å². The molecule has 0 bridgehead atoms. The first kappa shape index (κ1) is 19.1. The summed E-state index contributed by atoms with van der Waals surface area (Å²) in [6, 6.07) is 1.87. The molecule has 25 heavy (non-hydrogen) atoms. The normalized spacial score (nSPS) is 27.4. The number of hydrogen-bond acceptors (Lipinski definition) is 4. The van der Waals surface area contributed by atoms with Gasteiger partial charge in [0.05, 0.1) is 6.61 Å². The second kappa shape index (κ2) is 5.66. The standard InChI is InChI=1S/C13H12F6N2O4/c1-2-25-8-5-3-7(4-6-8)21-9(22)20-10(23,12(14,15)16)11(21,24)13(17,18)19/h3-6,23-24H,2H2,1H3,(H,20,22). The van der Waals surface area contributed by atoms with Crippen molar-refractivity contribution in [1.82, 2.24) is 5.32 Å². The van der Waals surface area contributed by atoms with Gasteiger partial charge in [0, 0.05) is 5.69 Å². The predicted octanol–water partition coefficient (Wildman–Crippen LogP) is 2.12. The Morgan fingerprint density at radius 2 is 1.60 bits per heavy atom. The van der Waals surface area contributed by atoms with Crippen molar-refractivity contribution in [3.05, 3.63) is 24.3 Å². The minimum atomic E-state index is -6.05. The van der Waals surface area contributed by atoms with Crippen LogP contribution in [0.5, 0.6) is 5.75 Å². The molecular formula is C13H12F6N2O4. The molecule has 3 N–H and O–H groups in total. The Balaban J connectivity index is 2.61. The summed E-state index contributed by atoms with van der Waals surface area (Å²) in [5, 5.41) is 20.2. The van der Waals surface area contributed by atoms with Crippen LogP contribution in [0.1, 0.15) is 6.92 Å². The third-order valence-corrected chi connectivity index (χ3v) is 3.53. The zero-order valence-electron chi connectivity index (χ0n) is 12.4. The maximum atomic E-state index is 13.3. The molecule has 1 aromatic carbocycles. The second-order valence-corrected chi connectivity index (χ2v) is 5.07. The van der Waals surface area contributed by atoms with Gasteiger partial charge in [0.1, 0.15) is 5.75 Å². The Morgan fingerprint density at radius 3 is 2.00 bits per heavy atom. The molecule has 2 rings (SSSR count). The lowest BCUT2D eigenvalue weighted by Gasteiger charge is -2.41. The van der Waals surface area contributed by atoms with Crippen LogP contribution in [0.2, 0.25) is 0 Å². The van der Waals surface area contributed by atoms with Gasteiger partial charge in [-0.2, -0.15) is 26.3 Å². The van der Waals surface area contributed by atoms with Crippen molar-refractivity contribution in [1.29, 1.82) is 0 Å². The largest absolute Gasteiger partial charge is 0.494 e. The van der Waals surface area contributed by atoms with E-state index in [1.807, 2.05) is 0 Å². The third kappa shape index (κ3) is 2.65. The van der Waals surface area contributed by atoms with Crippen molar-refractivity contribution >= 4 is 11.7 Å². The fourth-order valence-corrected chi connectivity index (χ4v) is 2.37. The summed E-state index contributed by atoms with van der Waals surface area (Å²) in [7, 11) is 0. The van der Waals surface area contributed by atoms with Gasteiger partial charge in [-0.15, -0.1) is 0 Å². The maximum absolute atomic E-state index is 13.3. The van der Waals surface area contributed by atoms with Crippen molar-refractivity contribution in [2.45, 2.75) is 30.7 Å². The average Bonchev–Trinajstić information content (AvgIpc) is 2.68. The molecule has 1 fully saturated rings. The van der Waals surface area contributed by atoms with E-state index in [0.717, 1.165) is 29.6 Å². The lowest BCUT2D eigenvalue weighted by atomic mass is 9.98. The summed E-state index contributed by atoms with van der Waals surface area (Å²) in [6.07, 6.45) is -12.1. The number of halogens is 6. The number of urea groups is 1. The molecular weight excluding hydrogens is 362 g/mol. The summed E-state index contributed by atoms with van der Waals surface area (Å²) in [5.41, 5.74) is -10.7. The Bertz CT molecular complexity index is 662. The number of aliphatic hydroxyl groups is 2. The quantitative estimate of drug-likeness (QED) is 0.708. The van der Waals surface area contributed by atoms with Gasteiger partial charge in [-0.1, -0.05) is 0 Å². The predicted molar refractivity (Wildman–Crippen MR) is 70.6 cm³/mol. The summed E-state index contributed by atoms with van der Waals surface area (Å²) < 4.78 is 84.0. The Hall–Kier alpha value is -2.21. The fraction of sp³-hybridized carbons (Fsp3) is 0.462. The molecule has 2 atom stereocenters. The van der Waals surface area contributed by atoms with Gasteiger partial charge in [0.25, 0.3) is 5.72 Å². The van der Waals surface area contributed by atoms with Gasteiger partial charge in [-0.05, 0) is 31.2 Å². The van der Waals surface area contributed by atoms with E-state index in [0.29, 0.717) is 0 Å². The maximum Gasteiger partial charge on any atom is 0.442 e. The van der Waals surface area contributed by atoms with Crippen LogP contribution in [0.25, 0.3) is 0 Å². The van der Waals surface area contributed by atoms with E-state index in [1.165, 1.54) is 0 Å². The highest BCUT2D eigenvalue weighted by Gasteiger charge is 2.84. The molecule has 2 unspecified atom stereocenters. The van der Waals surface area contributed by atoms with Crippen LogP contribution in [0.15, 0.2) is 24.3 Å². The number of amides is 2. The fourth-order valence-electron chi connectivity index (χ4n) is 2.37. The number of hydrogen-bond donors (Lipinski definition) is 3. The van der Waals surface area contributed by atoms with Crippen molar-refractivity contribution in [2.75, 3.05) is 11.5 Å².